The first-order valence-corrected chi connectivity index (χ1v) is 5.61. The fraction of sp³-hybridized carbons (Fsp3) is 0.636. The minimum Gasteiger partial charge on any atom is -0.368 e. The average molecular weight is 225 g/mol. The lowest BCUT2D eigenvalue weighted by atomic mass is 10.1. The molecule has 0 fully saturated rings. The number of hydrogen-bond acceptors (Lipinski definition) is 4. The smallest absolute Gasteiger partial charge is 0.240 e. The molecule has 0 spiro atoms. The number of carbonyl (C=O) groups excluding carboxylic acids is 1. The number of amides is 1. The summed E-state index contributed by atoms with van der Waals surface area (Å²) in [5.41, 5.74) is 7.16. The van der Waals surface area contributed by atoms with Crippen LogP contribution in [0.25, 0.3) is 0 Å². The monoisotopic (exact) mass is 225 g/mol. The maximum atomic E-state index is 11.2. The van der Waals surface area contributed by atoms with Gasteiger partial charge in [-0.05, 0) is 19.8 Å². The highest BCUT2D eigenvalue weighted by Crippen LogP contribution is 2.21. The van der Waals surface area contributed by atoms with Crippen molar-refractivity contribution < 1.29 is 9.32 Å². The summed E-state index contributed by atoms with van der Waals surface area (Å²) in [6, 6.07) is -0.386. The molecule has 0 aliphatic heterocycles. The molecule has 3 N–H and O–H groups in total. The molecule has 1 aromatic heterocycles. The van der Waals surface area contributed by atoms with Crippen molar-refractivity contribution in [1.82, 2.24) is 5.16 Å². The van der Waals surface area contributed by atoms with E-state index in [0.717, 1.165) is 24.1 Å². The standard InChI is InChI=1S/C11H19N3O2/c1-4-6-9(10(12)15)13-11-8(5-2)7(3)14-16-11/h9,13H,4-6H2,1-3H3,(H2,12,15)/t9-/m0/s1. The Labute approximate surface area is 95.4 Å². The summed E-state index contributed by atoms with van der Waals surface area (Å²) in [6.45, 7) is 5.90. The molecule has 1 aromatic rings. The van der Waals surface area contributed by atoms with Crippen LogP contribution < -0.4 is 11.1 Å². The number of nitrogens with one attached hydrogen (secondary N) is 1. The Balaban J connectivity index is 2.80. The van der Waals surface area contributed by atoms with Crippen molar-refractivity contribution >= 4 is 11.8 Å². The minimum atomic E-state index is -0.386. The van der Waals surface area contributed by atoms with Gasteiger partial charge >= 0.3 is 0 Å². The number of rotatable bonds is 6. The summed E-state index contributed by atoms with van der Waals surface area (Å²) in [5, 5.41) is 6.89. The van der Waals surface area contributed by atoms with E-state index in [-0.39, 0.29) is 11.9 Å². The van der Waals surface area contributed by atoms with Gasteiger partial charge in [-0.2, -0.15) is 0 Å². The Bertz CT molecular complexity index is 360. The van der Waals surface area contributed by atoms with Crippen LogP contribution in [0.1, 0.15) is 37.9 Å². The third-order valence-electron chi connectivity index (χ3n) is 2.56. The summed E-state index contributed by atoms with van der Waals surface area (Å²) in [5.74, 6) is 0.204. The lowest BCUT2D eigenvalue weighted by Crippen LogP contribution is -2.35. The number of aryl methyl sites for hydroxylation is 1. The quantitative estimate of drug-likeness (QED) is 0.770. The Kier molecular flexibility index (Phi) is 4.34. The van der Waals surface area contributed by atoms with E-state index in [2.05, 4.69) is 10.5 Å². The van der Waals surface area contributed by atoms with Gasteiger partial charge in [0.05, 0.1) is 5.69 Å². The largest absolute Gasteiger partial charge is 0.368 e. The highest BCUT2D eigenvalue weighted by atomic mass is 16.5. The second kappa shape index (κ2) is 5.53. The van der Waals surface area contributed by atoms with Crippen LogP contribution in [0.2, 0.25) is 0 Å². The minimum absolute atomic E-state index is 0.363. The number of primary amides is 1. The number of hydrogen-bond donors (Lipinski definition) is 2. The first kappa shape index (κ1) is 12.5. The van der Waals surface area contributed by atoms with E-state index in [0.29, 0.717) is 12.3 Å². The lowest BCUT2D eigenvalue weighted by molar-refractivity contribution is -0.118. The molecular formula is C11H19N3O2. The number of anilines is 1. The van der Waals surface area contributed by atoms with Gasteiger partial charge in [0.2, 0.25) is 11.8 Å². The molecule has 0 saturated heterocycles. The van der Waals surface area contributed by atoms with E-state index >= 15 is 0 Å². The molecule has 0 radical (unpaired) electrons. The van der Waals surface area contributed by atoms with Crippen molar-refractivity contribution in [3.05, 3.63) is 11.3 Å². The van der Waals surface area contributed by atoms with E-state index in [1.165, 1.54) is 0 Å². The van der Waals surface area contributed by atoms with Gasteiger partial charge in [-0.15, -0.1) is 0 Å². The third kappa shape index (κ3) is 2.74. The number of nitrogens with zero attached hydrogens (tertiary/aromatic N) is 1. The highest BCUT2D eigenvalue weighted by molar-refractivity contribution is 5.82. The maximum absolute atomic E-state index is 11.2. The van der Waals surface area contributed by atoms with Gasteiger partial charge in [0.25, 0.3) is 0 Å². The molecule has 0 aromatic carbocycles. The molecule has 5 heteroatoms. The Hall–Kier alpha value is -1.52. The molecule has 0 aliphatic carbocycles. The van der Waals surface area contributed by atoms with Crippen molar-refractivity contribution in [2.75, 3.05) is 5.32 Å². The van der Waals surface area contributed by atoms with Crippen LogP contribution in [-0.2, 0) is 11.2 Å². The molecular weight excluding hydrogens is 206 g/mol. The van der Waals surface area contributed by atoms with E-state index in [1.54, 1.807) is 0 Å². The molecule has 0 unspecified atom stereocenters. The SMILES string of the molecule is CCC[C@H](Nc1onc(C)c1CC)C(N)=O. The van der Waals surface area contributed by atoms with Gasteiger partial charge in [-0.3, -0.25) is 4.79 Å². The van der Waals surface area contributed by atoms with Crippen molar-refractivity contribution in [2.24, 2.45) is 5.73 Å². The predicted octanol–water partition coefficient (Wildman–Crippen LogP) is 1.61. The van der Waals surface area contributed by atoms with Crippen LogP contribution in [0, 0.1) is 6.92 Å². The van der Waals surface area contributed by atoms with Crippen LogP contribution in [-0.4, -0.2) is 17.1 Å². The Morgan fingerprint density at radius 3 is 2.75 bits per heavy atom. The lowest BCUT2D eigenvalue weighted by Gasteiger charge is -2.13. The summed E-state index contributed by atoms with van der Waals surface area (Å²) in [6.07, 6.45) is 2.39. The number of aromatic nitrogens is 1. The van der Waals surface area contributed by atoms with Gasteiger partial charge in [0, 0.05) is 5.56 Å². The molecule has 0 aliphatic rings. The fourth-order valence-corrected chi connectivity index (χ4v) is 1.65. The molecule has 1 amide bonds. The summed E-state index contributed by atoms with van der Waals surface area (Å²) >= 11 is 0. The van der Waals surface area contributed by atoms with Gasteiger partial charge < -0.3 is 15.6 Å². The molecule has 0 saturated carbocycles. The van der Waals surface area contributed by atoms with E-state index in [9.17, 15) is 4.79 Å². The molecule has 0 bridgehead atoms. The van der Waals surface area contributed by atoms with Crippen LogP contribution in [0.3, 0.4) is 0 Å². The van der Waals surface area contributed by atoms with Crippen LogP contribution in [0.5, 0.6) is 0 Å². The molecule has 90 valence electrons. The molecule has 1 rings (SSSR count). The third-order valence-corrected chi connectivity index (χ3v) is 2.56. The maximum Gasteiger partial charge on any atom is 0.240 e. The summed E-state index contributed by atoms with van der Waals surface area (Å²) < 4.78 is 5.14. The predicted molar refractivity (Wildman–Crippen MR) is 62.1 cm³/mol. The number of nitrogens with two attached hydrogens (primary N) is 1. The first-order valence-electron chi connectivity index (χ1n) is 5.61. The summed E-state index contributed by atoms with van der Waals surface area (Å²) in [7, 11) is 0. The topological polar surface area (TPSA) is 81.2 Å². The van der Waals surface area contributed by atoms with Gasteiger partial charge in [-0.1, -0.05) is 25.4 Å². The summed E-state index contributed by atoms with van der Waals surface area (Å²) in [4.78, 5) is 11.2. The fourth-order valence-electron chi connectivity index (χ4n) is 1.65. The number of carbonyl (C=O) groups is 1. The van der Waals surface area contributed by atoms with Crippen molar-refractivity contribution in [3.63, 3.8) is 0 Å². The average Bonchev–Trinajstić information content (AvgIpc) is 2.58. The van der Waals surface area contributed by atoms with Gasteiger partial charge in [0.1, 0.15) is 6.04 Å². The molecule has 1 atom stereocenters. The van der Waals surface area contributed by atoms with E-state index in [4.69, 9.17) is 10.3 Å². The van der Waals surface area contributed by atoms with Crippen molar-refractivity contribution in [1.29, 1.82) is 0 Å². The van der Waals surface area contributed by atoms with Crippen molar-refractivity contribution in [2.45, 2.75) is 46.1 Å². The first-order chi connectivity index (χ1) is 7.60. The van der Waals surface area contributed by atoms with E-state index < -0.39 is 0 Å². The molecule has 16 heavy (non-hydrogen) atoms. The molecule has 5 nitrogen and oxygen atoms in total. The van der Waals surface area contributed by atoms with Gasteiger partial charge in [-0.25, -0.2) is 0 Å². The Morgan fingerprint density at radius 2 is 2.25 bits per heavy atom. The van der Waals surface area contributed by atoms with Crippen molar-refractivity contribution in [3.8, 4) is 0 Å². The zero-order valence-electron chi connectivity index (χ0n) is 10.0. The zero-order chi connectivity index (χ0) is 12.1. The molecule has 1 heterocycles. The van der Waals surface area contributed by atoms with Gasteiger partial charge in [0.15, 0.2) is 0 Å². The normalized spacial score (nSPS) is 12.4. The van der Waals surface area contributed by atoms with Crippen LogP contribution >= 0.6 is 0 Å². The second-order valence-electron chi connectivity index (χ2n) is 3.82. The Morgan fingerprint density at radius 1 is 1.56 bits per heavy atom. The van der Waals surface area contributed by atoms with Crippen LogP contribution in [0.4, 0.5) is 5.88 Å². The van der Waals surface area contributed by atoms with E-state index in [1.807, 2.05) is 20.8 Å². The second-order valence-corrected chi connectivity index (χ2v) is 3.82. The van der Waals surface area contributed by atoms with Crippen LogP contribution in [0.15, 0.2) is 4.52 Å². The highest BCUT2D eigenvalue weighted by Gasteiger charge is 2.19. The zero-order valence-corrected chi connectivity index (χ0v) is 10.0.